The van der Waals surface area contributed by atoms with Crippen LogP contribution in [0.4, 0.5) is 0 Å². The maximum atomic E-state index is 5.24. The van der Waals surface area contributed by atoms with Gasteiger partial charge in [-0.25, -0.2) is 4.98 Å². The van der Waals surface area contributed by atoms with Gasteiger partial charge in [-0.2, -0.15) is 0 Å². The summed E-state index contributed by atoms with van der Waals surface area (Å²) in [5, 5.41) is 0. The summed E-state index contributed by atoms with van der Waals surface area (Å²) < 4.78 is 10.4. The summed E-state index contributed by atoms with van der Waals surface area (Å²) in [7, 11) is 3.32. The third kappa shape index (κ3) is 2.74. The Morgan fingerprint density at radius 2 is 1.62 bits per heavy atom. The first-order valence-electron chi connectivity index (χ1n) is 6.64. The molecule has 3 aromatic rings. The maximum absolute atomic E-state index is 5.24. The van der Waals surface area contributed by atoms with E-state index in [9.17, 15) is 0 Å². The number of imidazole rings is 1. The first-order valence-corrected chi connectivity index (χ1v) is 6.64. The molecule has 106 valence electrons. The van der Waals surface area contributed by atoms with Crippen molar-refractivity contribution in [2.45, 2.75) is 0 Å². The first kappa shape index (κ1) is 13.2. The van der Waals surface area contributed by atoms with Crippen LogP contribution in [0.15, 0.2) is 54.7 Å². The van der Waals surface area contributed by atoms with Gasteiger partial charge in [0, 0.05) is 5.56 Å². The minimum absolute atomic E-state index is 0.815. The lowest BCUT2D eigenvalue weighted by atomic mass is 10.1. The van der Waals surface area contributed by atoms with Crippen LogP contribution in [0.5, 0.6) is 11.5 Å². The van der Waals surface area contributed by atoms with Gasteiger partial charge in [-0.1, -0.05) is 12.1 Å². The molecule has 2 aromatic carbocycles. The number of ether oxygens (including phenoxy) is 2. The molecule has 0 amide bonds. The van der Waals surface area contributed by atoms with Crippen LogP contribution in [-0.4, -0.2) is 24.2 Å². The molecule has 1 heterocycles. The van der Waals surface area contributed by atoms with Gasteiger partial charge in [0.25, 0.3) is 0 Å². The van der Waals surface area contributed by atoms with E-state index in [2.05, 4.69) is 9.97 Å². The molecule has 0 spiro atoms. The highest BCUT2D eigenvalue weighted by Gasteiger charge is 2.06. The van der Waals surface area contributed by atoms with E-state index in [1.54, 1.807) is 14.2 Å². The predicted octanol–water partition coefficient (Wildman–Crippen LogP) is 3.76. The van der Waals surface area contributed by atoms with Crippen LogP contribution in [-0.2, 0) is 0 Å². The summed E-state index contributed by atoms with van der Waals surface area (Å²) in [5.41, 5.74) is 3.03. The van der Waals surface area contributed by atoms with Gasteiger partial charge in [-0.3, -0.25) is 0 Å². The lowest BCUT2D eigenvalue weighted by Crippen LogP contribution is -1.85. The standard InChI is InChI=1S/C17H16N2O2/c1-20-14-8-6-12(7-9-14)16-11-18-17(19-16)13-4-3-5-15(10-13)21-2/h3-11H,1-2H3,(H,18,19). The fourth-order valence-electron chi connectivity index (χ4n) is 2.16. The van der Waals surface area contributed by atoms with Gasteiger partial charge in [0.2, 0.25) is 0 Å². The maximum Gasteiger partial charge on any atom is 0.137 e. The van der Waals surface area contributed by atoms with Gasteiger partial charge in [0.05, 0.1) is 26.1 Å². The highest BCUT2D eigenvalue weighted by Crippen LogP contribution is 2.25. The minimum Gasteiger partial charge on any atom is -0.497 e. The average molecular weight is 280 g/mol. The molecule has 21 heavy (non-hydrogen) atoms. The summed E-state index contributed by atoms with van der Waals surface area (Å²) in [6, 6.07) is 15.7. The largest absolute Gasteiger partial charge is 0.497 e. The Hall–Kier alpha value is -2.75. The van der Waals surface area contributed by atoms with Crippen LogP contribution in [0.2, 0.25) is 0 Å². The zero-order valence-corrected chi connectivity index (χ0v) is 12.0. The van der Waals surface area contributed by atoms with Crippen molar-refractivity contribution in [2.75, 3.05) is 14.2 Å². The van der Waals surface area contributed by atoms with E-state index in [0.717, 1.165) is 34.1 Å². The van der Waals surface area contributed by atoms with Gasteiger partial charge in [-0.05, 0) is 42.0 Å². The van der Waals surface area contributed by atoms with Gasteiger partial charge < -0.3 is 14.5 Å². The number of nitrogens with zero attached hydrogens (tertiary/aromatic N) is 1. The monoisotopic (exact) mass is 280 g/mol. The fourth-order valence-corrected chi connectivity index (χ4v) is 2.16. The molecule has 0 saturated carbocycles. The summed E-state index contributed by atoms with van der Waals surface area (Å²) in [6.45, 7) is 0. The van der Waals surface area contributed by atoms with Gasteiger partial charge in [0.15, 0.2) is 0 Å². The van der Waals surface area contributed by atoms with E-state index in [1.807, 2.05) is 54.7 Å². The second-order valence-corrected chi connectivity index (χ2v) is 4.61. The number of rotatable bonds is 4. The Labute approximate surface area is 123 Å². The summed E-state index contributed by atoms with van der Waals surface area (Å²) in [5.74, 6) is 2.47. The van der Waals surface area contributed by atoms with E-state index >= 15 is 0 Å². The Morgan fingerprint density at radius 1 is 0.857 bits per heavy atom. The van der Waals surface area contributed by atoms with E-state index in [4.69, 9.17) is 9.47 Å². The molecular formula is C17H16N2O2. The number of H-pyrrole nitrogens is 1. The molecule has 0 aliphatic rings. The molecule has 0 fully saturated rings. The minimum atomic E-state index is 0.815. The predicted molar refractivity (Wildman–Crippen MR) is 82.6 cm³/mol. The molecule has 4 nitrogen and oxygen atoms in total. The Balaban J connectivity index is 1.91. The zero-order chi connectivity index (χ0) is 14.7. The number of hydrogen-bond acceptors (Lipinski definition) is 3. The van der Waals surface area contributed by atoms with Crippen molar-refractivity contribution in [2.24, 2.45) is 0 Å². The Morgan fingerprint density at radius 3 is 2.33 bits per heavy atom. The molecule has 1 N–H and O–H groups in total. The van der Waals surface area contributed by atoms with Crippen LogP contribution in [0.3, 0.4) is 0 Å². The molecule has 1 aromatic heterocycles. The number of aromatic nitrogens is 2. The molecule has 0 bridgehead atoms. The summed E-state index contributed by atoms with van der Waals surface area (Å²) in [6.07, 6.45) is 1.83. The lowest BCUT2D eigenvalue weighted by molar-refractivity contribution is 0.415. The topological polar surface area (TPSA) is 47.1 Å². The molecule has 0 unspecified atom stereocenters. The van der Waals surface area contributed by atoms with Crippen molar-refractivity contribution in [1.82, 2.24) is 9.97 Å². The molecule has 0 atom stereocenters. The molecule has 0 aliphatic heterocycles. The van der Waals surface area contributed by atoms with E-state index in [1.165, 1.54) is 0 Å². The molecule has 0 radical (unpaired) electrons. The highest BCUT2D eigenvalue weighted by atomic mass is 16.5. The van der Waals surface area contributed by atoms with Crippen molar-refractivity contribution in [1.29, 1.82) is 0 Å². The van der Waals surface area contributed by atoms with E-state index in [-0.39, 0.29) is 0 Å². The fraction of sp³-hybridized carbons (Fsp3) is 0.118. The number of nitrogens with one attached hydrogen (secondary N) is 1. The molecule has 3 rings (SSSR count). The third-order valence-electron chi connectivity index (χ3n) is 3.32. The van der Waals surface area contributed by atoms with Crippen molar-refractivity contribution in [3.8, 4) is 34.1 Å². The average Bonchev–Trinajstić information content (AvgIpc) is 3.05. The number of benzene rings is 2. The zero-order valence-electron chi connectivity index (χ0n) is 12.0. The smallest absolute Gasteiger partial charge is 0.137 e. The molecule has 0 aliphatic carbocycles. The third-order valence-corrected chi connectivity index (χ3v) is 3.32. The van der Waals surface area contributed by atoms with Gasteiger partial charge in [-0.15, -0.1) is 0 Å². The Bertz CT molecular complexity index is 733. The van der Waals surface area contributed by atoms with Crippen molar-refractivity contribution < 1.29 is 9.47 Å². The Kier molecular flexibility index (Phi) is 3.60. The molecular weight excluding hydrogens is 264 g/mol. The van der Waals surface area contributed by atoms with Crippen molar-refractivity contribution >= 4 is 0 Å². The van der Waals surface area contributed by atoms with Crippen LogP contribution < -0.4 is 9.47 Å². The van der Waals surface area contributed by atoms with Crippen LogP contribution in [0.25, 0.3) is 22.6 Å². The quantitative estimate of drug-likeness (QED) is 0.791. The van der Waals surface area contributed by atoms with E-state index in [0.29, 0.717) is 0 Å². The molecule has 0 saturated heterocycles. The second-order valence-electron chi connectivity index (χ2n) is 4.61. The lowest BCUT2D eigenvalue weighted by Gasteiger charge is -2.02. The van der Waals surface area contributed by atoms with Gasteiger partial charge in [0.1, 0.15) is 17.3 Å². The van der Waals surface area contributed by atoms with Crippen molar-refractivity contribution in [3.05, 3.63) is 54.7 Å². The van der Waals surface area contributed by atoms with Crippen molar-refractivity contribution in [3.63, 3.8) is 0 Å². The van der Waals surface area contributed by atoms with Crippen LogP contribution in [0, 0.1) is 0 Å². The SMILES string of the molecule is COc1ccc(-c2cnc(-c3cccc(OC)c3)[nH]2)cc1. The van der Waals surface area contributed by atoms with Crippen LogP contribution >= 0.6 is 0 Å². The normalized spacial score (nSPS) is 10.4. The highest BCUT2D eigenvalue weighted by molar-refractivity contribution is 5.65. The molecule has 4 heteroatoms. The number of methoxy groups -OCH3 is 2. The first-order chi connectivity index (χ1) is 10.3. The summed E-state index contributed by atoms with van der Waals surface area (Å²) in [4.78, 5) is 7.77. The van der Waals surface area contributed by atoms with Gasteiger partial charge >= 0.3 is 0 Å². The van der Waals surface area contributed by atoms with E-state index < -0.39 is 0 Å². The van der Waals surface area contributed by atoms with Crippen LogP contribution in [0.1, 0.15) is 0 Å². The number of hydrogen-bond donors (Lipinski definition) is 1. The second kappa shape index (κ2) is 5.71. The summed E-state index contributed by atoms with van der Waals surface area (Å²) >= 11 is 0. The number of aromatic amines is 1.